The van der Waals surface area contributed by atoms with E-state index in [1.807, 2.05) is 12.2 Å². The van der Waals surface area contributed by atoms with Crippen LogP contribution in [0.1, 0.15) is 174 Å². The fourth-order valence-electron chi connectivity index (χ4n) is 5.56. The summed E-state index contributed by atoms with van der Waals surface area (Å²) in [6.07, 6.45) is 47.0. The topological polar surface area (TPSA) is 46.2 Å². The first-order valence-corrected chi connectivity index (χ1v) is 18.1. The number of fused-ring (bicyclic) bond motifs is 1. The fraction of sp³-hybridized carbons (Fsp3) is 0.833. The summed E-state index contributed by atoms with van der Waals surface area (Å²) in [6.45, 7) is 5.41. The summed E-state index contributed by atoms with van der Waals surface area (Å²) in [5.41, 5.74) is 5.47. The predicted octanol–water partition coefficient (Wildman–Crippen LogP) is 11.6. The first kappa shape index (κ1) is 36.5. The number of hydrogen-bond acceptors (Lipinski definition) is 3. The molecule has 3 heteroatoms. The molecule has 1 fully saturated rings. The molecule has 0 bridgehead atoms. The van der Waals surface area contributed by atoms with Crippen molar-refractivity contribution in [3.8, 4) is 0 Å². The number of hydrogen-bond donors (Lipinski definition) is 2. The second-order valence-corrected chi connectivity index (χ2v) is 13.6. The van der Waals surface area contributed by atoms with Crippen LogP contribution < -0.4 is 5.73 Å². The highest BCUT2D eigenvalue weighted by atomic mass is 32.2. The van der Waals surface area contributed by atoms with Crippen LogP contribution in [0, 0.1) is 0 Å². The van der Waals surface area contributed by atoms with Crippen molar-refractivity contribution in [2.45, 2.75) is 184 Å². The molecule has 2 aliphatic rings. The van der Waals surface area contributed by atoms with Crippen molar-refractivity contribution < 1.29 is 5.11 Å². The minimum Gasteiger partial charge on any atom is -0.374 e. The van der Waals surface area contributed by atoms with Crippen molar-refractivity contribution in [3.63, 3.8) is 0 Å². The highest BCUT2D eigenvalue weighted by molar-refractivity contribution is 8.09. The van der Waals surface area contributed by atoms with Gasteiger partial charge in [-0.15, -0.1) is 11.8 Å². The van der Waals surface area contributed by atoms with E-state index in [0.717, 1.165) is 13.0 Å². The Kier molecular flexibility index (Phi) is 23.6. The molecule has 2 unspecified atom stereocenters. The Labute approximate surface area is 249 Å². The van der Waals surface area contributed by atoms with E-state index in [0.29, 0.717) is 0 Å². The molecule has 39 heavy (non-hydrogen) atoms. The van der Waals surface area contributed by atoms with Crippen molar-refractivity contribution in [3.05, 3.63) is 36.5 Å². The van der Waals surface area contributed by atoms with Gasteiger partial charge in [-0.25, -0.2) is 0 Å². The van der Waals surface area contributed by atoms with Crippen LogP contribution in [0.5, 0.6) is 0 Å². The molecule has 0 aromatic carbocycles. The third kappa shape index (κ3) is 18.5. The molecule has 2 nitrogen and oxygen atoms in total. The number of nitrogens with two attached hydrogens (primary N) is 1. The molecule has 0 amide bonds. The quantitative estimate of drug-likeness (QED) is 0.0627. The van der Waals surface area contributed by atoms with Crippen LogP contribution >= 0.6 is 11.8 Å². The summed E-state index contributed by atoms with van der Waals surface area (Å²) >= 11 is 1.71. The third-order valence-electron chi connectivity index (χ3n) is 8.32. The fourth-order valence-corrected chi connectivity index (χ4v) is 6.84. The summed E-state index contributed by atoms with van der Waals surface area (Å²) in [5, 5.41) is 10.3. The summed E-state index contributed by atoms with van der Waals surface area (Å²) in [4.78, 5) is -0.568. The zero-order chi connectivity index (χ0) is 28.3. The Balaban J connectivity index is 0.000000391. The lowest BCUT2D eigenvalue weighted by Gasteiger charge is -2.15. The van der Waals surface area contributed by atoms with E-state index in [4.69, 9.17) is 5.73 Å². The lowest BCUT2D eigenvalue weighted by Crippen LogP contribution is -2.23. The lowest BCUT2D eigenvalue weighted by molar-refractivity contribution is 0.193. The Bertz CT molecular complexity index is 630. The molecule has 0 radical (unpaired) electrons. The van der Waals surface area contributed by atoms with Crippen LogP contribution in [0.4, 0.5) is 0 Å². The van der Waals surface area contributed by atoms with Gasteiger partial charge in [0.25, 0.3) is 0 Å². The molecule has 1 saturated heterocycles. The molecule has 1 aliphatic heterocycles. The molecule has 3 N–H and O–H groups in total. The summed E-state index contributed by atoms with van der Waals surface area (Å²) < 4.78 is 0.0297. The minimum atomic E-state index is -0.568. The van der Waals surface area contributed by atoms with Crippen molar-refractivity contribution >= 4 is 11.8 Å². The highest BCUT2D eigenvalue weighted by Gasteiger charge is 2.65. The van der Waals surface area contributed by atoms with E-state index in [1.54, 1.807) is 11.8 Å². The average Bonchev–Trinajstić information content (AvgIpc) is 3.58. The third-order valence-corrected chi connectivity index (χ3v) is 9.94. The lowest BCUT2D eigenvalue weighted by atomic mass is 9.91. The van der Waals surface area contributed by atoms with Gasteiger partial charge in [-0.2, -0.15) is 0 Å². The van der Waals surface area contributed by atoms with Crippen LogP contribution in [-0.4, -0.2) is 21.3 Å². The maximum atomic E-state index is 10.3. The molecule has 0 saturated carbocycles. The van der Waals surface area contributed by atoms with Crippen LogP contribution in [0.2, 0.25) is 0 Å². The second kappa shape index (κ2) is 25.2. The number of thioether (sulfide) groups is 1. The molecule has 0 aromatic heterocycles. The van der Waals surface area contributed by atoms with Crippen molar-refractivity contribution in [1.82, 2.24) is 0 Å². The number of aliphatic hydroxyl groups is 1. The maximum absolute atomic E-state index is 10.3. The monoisotopic (exact) mass is 561 g/mol. The predicted molar refractivity (Wildman–Crippen MR) is 179 cm³/mol. The van der Waals surface area contributed by atoms with E-state index in [9.17, 15) is 5.11 Å². The van der Waals surface area contributed by atoms with Gasteiger partial charge in [0.15, 0.2) is 0 Å². The van der Waals surface area contributed by atoms with Gasteiger partial charge in [0.05, 0.1) is 4.75 Å². The van der Waals surface area contributed by atoms with Gasteiger partial charge in [0.1, 0.15) is 4.93 Å². The maximum Gasteiger partial charge on any atom is 0.148 e. The van der Waals surface area contributed by atoms with Gasteiger partial charge >= 0.3 is 0 Å². The molecule has 0 aromatic rings. The van der Waals surface area contributed by atoms with E-state index >= 15 is 0 Å². The average molecular weight is 562 g/mol. The van der Waals surface area contributed by atoms with Gasteiger partial charge in [-0.05, 0) is 51.1 Å². The van der Waals surface area contributed by atoms with Gasteiger partial charge in [-0.1, -0.05) is 166 Å². The smallest absolute Gasteiger partial charge is 0.148 e. The normalized spacial score (nSPS) is 21.2. The molecule has 2 atom stereocenters. The second-order valence-electron chi connectivity index (χ2n) is 12.1. The largest absolute Gasteiger partial charge is 0.374 e. The van der Waals surface area contributed by atoms with Crippen LogP contribution in [0.15, 0.2) is 36.5 Å². The molecule has 228 valence electrons. The molecule has 1 aliphatic carbocycles. The summed E-state index contributed by atoms with van der Waals surface area (Å²) in [5.74, 6) is 0. The van der Waals surface area contributed by atoms with E-state index in [2.05, 4.69) is 38.2 Å². The number of unbranched alkanes of at least 4 members (excludes halogenated alkanes) is 21. The number of rotatable bonds is 26. The Morgan fingerprint density at radius 2 is 0.974 bits per heavy atom. The molecule has 2 rings (SSSR count). The Morgan fingerprint density at radius 3 is 1.44 bits per heavy atom. The van der Waals surface area contributed by atoms with Crippen molar-refractivity contribution in [2.75, 3.05) is 6.54 Å². The molecular weight excluding hydrogens is 494 g/mol. The van der Waals surface area contributed by atoms with Crippen LogP contribution in [0.25, 0.3) is 0 Å². The van der Waals surface area contributed by atoms with Crippen molar-refractivity contribution in [1.29, 1.82) is 0 Å². The number of allylic oxidation sites excluding steroid dienone is 4. The van der Waals surface area contributed by atoms with Gasteiger partial charge < -0.3 is 10.8 Å². The van der Waals surface area contributed by atoms with Crippen molar-refractivity contribution in [2.24, 2.45) is 5.73 Å². The van der Waals surface area contributed by atoms with E-state index in [-0.39, 0.29) is 4.75 Å². The van der Waals surface area contributed by atoms with Gasteiger partial charge in [0.2, 0.25) is 0 Å². The Morgan fingerprint density at radius 1 is 0.564 bits per heavy atom. The summed E-state index contributed by atoms with van der Waals surface area (Å²) in [6, 6.07) is 0. The first-order valence-electron chi connectivity index (χ1n) is 17.3. The first-order chi connectivity index (χ1) is 19.1. The van der Waals surface area contributed by atoms with Gasteiger partial charge in [-0.3, -0.25) is 0 Å². The van der Waals surface area contributed by atoms with E-state index in [1.165, 1.54) is 154 Å². The highest BCUT2D eigenvalue weighted by Crippen LogP contribution is 2.67. The summed E-state index contributed by atoms with van der Waals surface area (Å²) in [7, 11) is 0. The molecule has 1 heterocycles. The standard InChI is InChI=1S/C18H37N.C18H30OS/c1-2-3-4-5-6-7-8-9-10-11-12-13-14-15-16-17-18-19;1-2-3-4-5-6-7-8-9-10-11-14-17-15-12-13-16-18(17,19)20-17/h9-10H,2-8,11-19H2,1H3;12-13,15-16,19H,2-11,14H2,1H3. The molecular formula is C36H67NOS. The zero-order valence-corrected chi connectivity index (χ0v) is 27.1. The SMILES string of the molecule is CCCCCCCCC=CCCCCCCCCN.CCCCCCCCCCCCC12C=CC=CC1(O)S2. The molecule has 0 spiro atoms. The zero-order valence-electron chi connectivity index (χ0n) is 26.3. The van der Waals surface area contributed by atoms with Crippen LogP contribution in [0.3, 0.4) is 0 Å². The van der Waals surface area contributed by atoms with Gasteiger partial charge in [0, 0.05) is 0 Å². The Hall–Kier alpha value is -0.510. The van der Waals surface area contributed by atoms with Crippen LogP contribution in [-0.2, 0) is 0 Å². The minimum absolute atomic E-state index is 0.0297. The van der Waals surface area contributed by atoms with E-state index < -0.39 is 4.93 Å².